The van der Waals surface area contributed by atoms with Gasteiger partial charge in [-0.2, -0.15) is 0 Å². The Kier molecular flexibility index (Phi) is 12.9. The molecule has 0 aromatic rings. The Bertz CT molecular complexity index is 470. The zero-order valence-electron chi connectivity index (χ0n) is 15.2. The number of thioether (sulfide) groups is 2. The number of aliphatic carboxylic acids is 2. The van der Waals surface area contributed by atoms with Gasteiger partial charge in [0.1, 0.15) is 13.0 Å². The molecule has 9 heteroatoms. The lowest BCUT2D eigenvalue weighted by Gasteiger charge is -2.22. The summed E-state index contributed by atoms with van der Waals surface area (Å²) >= 11 is 6.96. The van der Waals surface area contributed by atoms with E-state index in [1.165, 1.54) is 33.8 Å². The Morgan fingerprint density at radius 2 is 1.48 bits per heavy atom. The molecule has 0 spiro atoms. The van der Waals surface area contributed by atoms with Gasteiger partial charge in [-0.05, 0) is 34.1 Å². The fraction of sp³-hybridized carbons (Fsp3) is 0.625. The molecule has 0 aliphatic carbocycles. The van der Waals surface area contributed by atoms with Crippen LogP contribution in [0.4, 0.5) is 0 Å². The second-order valence-electron chi connectivity index (χ2n) is 5.81. The summed E-state index contributed by atoms with van der Waals surface area (Å²) in [7, 11) is 0. The highest BCUT2D eigenvalue weighted by molar-refractivity contribution is 8.48. The molecule has 0 radical (unpaired) electrons. The first kappa shape index (κ1) is 26.2. The molecule has 6 nitrogen and oxygen atoms in total. The van der Waals surface area contributed by atoms with Crippen molar-refractivity contribution >= 4 is 57.2 Å². The van der Waals surface area contributed by atoms with E-state index in [-0.39, 0.29) is 5.97 Å². The van der Waals surface area contributed by atoms with Crippen LogP contribution in [0.3, 0.4) is 0 Å². The first-order valence-electron chi connectivity index (χ1n) is 7.48. The molecule has 0 amide bonds. The van der Waals surface area contributed by atoms with E-state index in [1.54, 1.807) is 0 Å². The number of thiocarbonyl (C=S) groups is 1. The van der Waals surface area contributed by atoms with E-state index < -0.39 is 21.4 Å². The van der Waals surface area contributed by atoms with Gasteiger partial charge in [-0.15, -0.1) is 0 Å². The van der Waals surface area contributed by atoms with Crippen LogP contribution >= 0.6 is 35.7 Å². The second kappa shape index (κ2) is 12.3. The number of carbonyl (C=O) groups excluding carboxylic acids is 1. The molecule has 0 aliphatic rings. The summed E-state index contributed by atoms with van der Waals surface area (Å²) in [5.41, 5.74) is 0. The quantitative estimate of drug-likeness (QED) is 0.266. The summed E-state index contributed by atoms with van der Waals surface area (Å²) in [6, 6.07) is 0. The Morgan fingerprint density at radius 1 is 1.08 bits per heavy atom. The smallest absolute Gasteiger partial charge is 0.330 e. The minimum Gasteiger partial charge on any atom is -0.480 e. The molecule has 144 valence electrons. The van der Waals surface area contributed by atoms with Crippen LogP contribution in [0.25, 0.3) is 0 Å². The van der Waals surface area contributed by atoms with Gasteiger partial charge in [0.05, 0.1) is 6.61 Å². The van der Waals surface area contributed by atoms with E-state index >= 15 is 0 Å². The first-order chi connectivity index (χ1) is 11.3. The maximum atomic E-state index is 10.8. The standard InChI is InChI=1S/C9H14O4S3.C7H12O2/c1-8(2,5(10)11)15-7(14)16-9(3,4)6(12)13;1-3-5-6-9-7(8)4-2/h1-4H3,(H,10,11)(H,12,13);4H,2-3,5-6H2,1H3. The van der Waals surface area contributed by atoms with Crippen molar-refractivity contribution in [3.8, 4) is 0 Å². The molecule has 0 aliphatic heterocycles. The van der Waals surface area contributed by atoms with Gasteiger partial charge in [0, 0.05) is 6.08 Å². The summed E-state index contributed by atoms with van der Waals surface area (Å²) < 4.78 is 2.91. The number of rotatable bonds is 8. The molecule has 0 atom stereocenters. The summed E-state index contributed by atoms with van der Waals surface area (Å²) in [4.78, 5) is 32.0. The number of hydrogen-bond acceptors (Lipinski definition) is 7. The highest BCUT2D eigenvalue weighted by atomic mass is 32.2. The third kappa shape index (κ3) is 12.9. The van der Waals surface area contributed by atoms with E-state index in [1.807, 2.05) is 6.92 Å². The molecule has 0 fully saturated rings. The van der Waals surface area contributed by atoms with E-state index in [0.717, 1.165) is 36.4 Å². The number of unbranched alkanes of at least 4 members (excludes halogenated alkanes) is 1. The van der Waals surface area contributed by atoms with Crippen molar-refractivity contribution in [1.82, 2.24) is 0 Å². The molecule has 0 aromatic heterocycles. The average molecular weight is 411 g/mol. The van der Waals surface area contributed by atoms with Gasteiger partial charge < -0.3 is 14.9 Å². The zero-order valence-corrected chi connectivity index (χ0v) is 17.6. The molecule has 0 unspecified atom stereocenters. The third-order valence-corrected chi connectivity index (χ3v) is 5.32. The number of carboxylic acid groups (broad SMARTS) is 2. The lowest BCUT2D eigenvalue weighted by Crippen LogP contribution is -2.31. The fourth-order valence-electron chi connectivity index (χ4n) is 0.901. The van der Waals surface area contributed by atoms with Crippen molar-refractivity contribution in [3.63, 3.8) is 0 Å². The molecular formula is C16H26O6S3. The average Bonchev–Trinajstić information content (AvgIpc) is 2.46. The van der Waals surface area contributed by atoms with E-state index in [9.17, 15) is 14.4 Å². The minimum absolute atomic E-state index is 0.319. The highest BCUT2D eigenvalue weighted by Crippen LogP contribution is 2.36. The number of hydrogen-bond donors (Lipinski definition) is 2. The van der Waals surface area contributed by atoms with E-state index in [0.29, 0.717) is 10.1 Å². The second-order valence-corrected chi connectivity index (χ2v) is 10.3. The zero-order chi connectivity index (χ0) is 20.3. The molecule has 2 N–H and O–H groups in total. The third-order valence-electron chi connectivity index (χ3n) is 2.62. The molecule has 25 heavy (non-hydrogen) atoms. The van der Waals surface area contributed by atoms with Crippen molar-refractivity contribution in [1.29, 1.82) is 0 Å². The Hall–Kier alpha value is -1.06. The van der Waals surface area contributed by atoms with Crippen molar-refractivity contribution < 1.29 is 29.3 Å². The van der Waals surface area contributed by atoms with Crippen LogP contribution in [0.1, 0.15) is 47.5 Å². The molecule has 0 rings (SSSR count). The normalized spacial score (nSPS) is 10.9. The highest BCUT2D eigenvalue weighted by Gasteiger charge is 2.34. The number of carboxylic acids is 2. The molecule has 0 bridgehead atoms. The largest absolute Gasteiger partial charge is 0.480 e. The van der Waals surface area contributed by atoms with Gasteiger partial charge in [-0.1, -0.05) is 55.7 Å². The van der Waals surface area contributed by atoms with Gasteiger partial charge in [0.2, 0.25) is 0 Å². The van der Waals surface area contributed by atoms with Crippen molar-refractivity contribution in [2.45, 2.75) is 57.0 Å². The van der Waals surface area contributed by atoms with E-state index in [2.05, 4.69) is 11.3 Å². The summed E-state index contributed by atoms with van der Waals surface area (Å²) in [5.74, 6) is -2.29. The van der Waals surface area contributed by atoms with Crippen molar-refractivity contribution in [2.24, 2.45) is 0 Å². The molecular weight excluding hydrogens is 384 g/mol. The summed E-state index contributed by atoms with van der Waals surface area (Å²) in [6.07, 6.45) is 3.15. The molecule has 0 heterocycles. The van der Waals surface area contributed by atoms with Crippen molar-refractivity contribution in [3.05, 3.63) is 12.7 Å². The van der Waals surface area contributed by atoms with Crippen LogP contribution in [-0.4, -0.2) is 47.8 Å². The number of carbonyl (C=O) groups is 3. The van der Waals surface area contributed by atoms with Crippen LogP contribution in [0.15, 0.2) is 12.7 Å². The van der Waals surface area contributed by atoms with Crippen LogP contribution in [0.2, 0.25) is 0 Å². The van der Waals surface area contributed by atoms with Gasteiger partial charge in [0.25, 0.3) is 0 Å². The number of esters is 1. The first-order valence-corrected chi connectivity index (χ1v) is 9.52. The topological polar surface area (TPSA) is 101 Å². The van der Waals surface area contributed by atoms with Crippen LogP contribution in [-0.2, 0) is 19.1 Å². The van der Waals surface area contributed by atoms with Gasteiger partial charge in [-0.3, -0.25) is 9.59 Å². The molecule has 0 aromatic carbocycles. The predicted octanol–water partition coefficient (Wildman–Crippen LogP) is 3.98. The van der Waals surface area contributed by atoms with E-state index in [4.69, 9.17) is 22.4 Å². The van der Waals surface area contributed by atoms with Crippen LogP contribution < -0.4 is 0 Å². The van der Waals surface area contributed by atoms with Gasteiger partial charge in [-0.25, -0.2) is 4.79 Å². The predicted molar refractivity (Wildman–Crippen MR) is 107 cm³/mol. The number of ether oxygens (including phenoxy) is 1. The van der Waals surface area contributed by atoms with Gasteiger partial charge >= 0.3 is 17.9 Å². The minimum atomic E-state index is -1.04. The fourth-order valence-corrected chi connectivity index (χ4v) is 4.58. The summed E-state index contributed by atoms with van der Waals surface area (Å²) in [5, 5.41) is 17.8. The molecule has 0 saturated heterocycles. The SMILES string of the molecule is C=CC(=O)OCCCC.CC(C)(SC(=S)SC(C)(C)C(=O)O)C(=O)O. The van der Waals surface area contributed by atoms with Gasteiger partial charge in [0.15, 0.2) is 0 Å². The van der Waals surface area contributed by atoms with Crippen LogP contribution in [0.5, 0.6) is 0 Å². The van der Waals surface area contributed by atoms with Crippen molar-refractivity contribution in [2.75, 3.05) is 6.61 Å². The summed E-state index contributed by atoms with van der Waals surface area (Å²) in [6.45, 7) is 11.9. The Balaban J connectivity index is 0. The lowest BCUT2D eigenvalue weighted by atomic mass is 10.2. The molecule has 0 saturated carbocycles. The maximum Gasteiger partial charge on any atom is 0.330 e. The Morgan fingerprint density at radius 3 is 1.76 bits per heavy atom. The maximum absolute atomic E-state index is 10.8. The Labute approximate surface area is 162 Å². The lowest BCUT2D eigenvalue weighted by molar-refractivity contribution is -0.139. The monoisotopic (exact) mass is 410 g/mol. The van der Waals surface area contributed by atoms with Crippen LogP contribution in [0, 0.1) is 0 Å².